The summed E-state index contributed by atoms with van der Waals surface area (Å²) in [6.07, 6.45) is 1.37. The first kappa shape index (κ1) is 18.4. The molecule has 0 saturated heterocycles. The number of benzene rings is 2. The lowest BCUT2D eigenvalue weighted by molar-refractivity contribution is -0.0499. The third-order valence-electron chi connectivity index (χ3n) is 3.44. The van der Waals surface area contributed by atoms with Crippen LogP contribution in [0.3, 0.4) is 0 Å². The molecule has 1 heterocycles. The molecule has 0 fully saturated rings. The molecular weight excluding hydrogens is 393 g/mol. The first-order valence-electron chi connectivity index (χ1n) is 7.11. The fourth-order valence-corrected chi connectivity index (χ4v) is 2.98. The third-order valence-corrected chi connectivity index (χ3v) is 4.73. The van der Waals surface area contributed by atoms with Crippen molar-refractivity contribution in [3.05, 3.63) is 53.4 Å². The van der Waals surface area contributed by atoms with Gasteiger partial charge in [0.25, 0.3) is 0 Å². The van der Waals surface area contributed by atoms with Crippen LogP contribution in [0, 0.1) is 6.92 Å². The molecule has 0 aliphatic rings. The number of hydrogen-bond acceptors (Lipinski definition) is 5. The molecule has 3 aromatic rings. The van der Waals surface area contributed by atoms with Crippen LogP contribution >= 0.6 is 11.6 Å². The highest BCUT2D eigenvalue weighted by atomic mass is 35.5. The summed E-state index contributed by atoms with van der Waals surface area (Å²) >= 11 is 6.12. The number of alkyl halides is 3. The van der Waals surface area contributed by atoms with E-state index in [1.54, 1.807) is 30.3 Å². The van der Waals surface area contributed by atoms with Crippen LogP contribution in [0.25, 0.3) is 22.0 Å². The molecule has 0 bridgehead atoms. The van der Waals surface area contributed by atoms with E-state index in [1.165, 1.54) is 13.1 Å². The van der Waals surface area contributed by atoms with Crippen LogP contribution in [-0.4, -0.2) is 23.9 Å². The second-order valence-electron chi connectivity index (χ2n) is 5.29. The van der Waals surface area contributed by atoms with Crippen LogP contribution in [0.5, 0.6) is 5.75 Å². The highest BCUT2D eigenvalue weighted by Gasteiger charge is 2.48. The van der Waals surface area contributed by atoms with E-state index in [1.807, 2.05) is 0 Å². The van der Waals surface area contributed by atoms with E-state index < -0.39 is 21.4 Å². The summed E-state index contributed by atoms with van der Waals surface area (Å²) in [4.78, 5) is 7.98. The van der Waals surface area contributed by atoms with Crippen LogP contribution in [-0.2, 0) is 10.1 Å². The van der Waals surface area contributed by atoms with Crippen molar-refractivity contribution in [2.45, 2.75) is 12.4 Å². The summed E-state index contributed by atoms with van der Waals surface area (Å²) in [7, 11) is -5.86. The van der Waals surface area contributed by atoms with Gasteiger partial charge in [-0.15, -0.1) is 0 Å². The number of rotatable bonds is 3. The molecule has 5 nitrogen and oxygen atoms in total. The van der Waals surface area contributed by atoms with Gasteiger partial charge in [-0.2, -0.15) is 21.6 Å². The lowest BCUT2D eigenvalue weighted by atomic mass is 10.0. The summed E-state index contributed by atoms with van der Waals surface area (Å²) in [6, 6.07) is 9.34. The summed E-state index contributed by atoms with van der Waals surface area (Å²) in [5, 5.41) is 0.643. The second-order valence-corrected chi connectivity index (χ2v) is 7.24. The van der Waals surface area contributed by atoms with Crippen molar-refractivity contribution in [2.24, 2.45) is 0 Å². The van der Waals surface area contributed by atoms with Crippen molar-refractivity contribution in [2.75, 3.05) is 0 Å². The van der Waals surface area contributed by atoms with Crippen molar-refractivity contribution >= 4 is 32.6 Å². The molecule has 0 aliphatic carbocycles. The zero-order valence-corrected chi connectivity index (χ0v) is 14.7. The number of fused-ring (bicyclic) bond motifs is 1. The average Bonchev–Trinajstić information content (AvgIpc) is 2.54. The number of nitrogens with zero attached hydrogens (tertiary/aromatic N) is 2. The summed E-state index contributed by atoms with van der Waals surface area (Å²) in [5.74, 6) is -0.308. The topological polar surface area (TPSA) is 69.2 Å². The van der Waals surface area contributed by atoms with E-state index in [9.17, 15) is 21.6 Å². The van der Waals surface area contributed by atoms with Gasteiger partial charge in [-0.05, 0) is 30.7 Å². The molecule has 0 amide bonds. The molecule has 136 valence electrons. The van der Waals surface area contributed by atoms with Crippen LogP contribution in [0.1, 0.15) is 5.82 Å². The number of aromatic nitrogens is 2. The zero-order chi connectivity index (χ0) is 19.1. The van der Waals surface area contributed by atoms with Crippen LogP contribution in [0.15, 0.2) is 42.6 Å². The molecule has 0 radical (unpaired) electrons. The molecular formula is C16H10ClF3N2O3S. The maximum absolute atomic E-state index is 12.7. The van der Waals surface area contributed by atoms with Gasteiger partial charge in [0.05, 0.1) is 0 Å². The standard InChI is InChI=1S/C16H10ClF3N2O3S/c1-9-21-8-11-6-10(12-4-2-3-5-13(12)17)7-14(15(11)22-9)25-26(23,24)16(18,19)20/h2-8H,1H3. The molecule has 0 saturated carbocycles. The Morgan fingerprint density at radius 1 is 1.15 bits per heavy atom. The second kappa shape index (κ2) is 6.40. The van der Waals surface area contributed by atoms with Crippen molar-refractivity contribution in [1.82, 2.24) is 9.97 Å². The SMILES string of the molecule is Cc1ncc2cc(-c3ccccc3Cl)cc(OS(=O)(=O)C(F)(F)F)c2n1. The minimum absolute atomic E-state index is 0.0545. The monoisotopic (exact) mass is 402 g/mol. The van der Waals surface area contributed by atoms with E-state index in [4.69, 9.17) is 11.6 Å². The molecule has 0 unspecified atom stereocenters. The van der Waals surface area contributed by atoms with Gasteiger partial charge < -0.3 is 4.18 Å². The van der Waals surface area contributed by atoms with E-state index in [-0.39, 0.29) is 11.3 Å². The van der Waals surface area contributed by atoms with Crippen LogP contribution in [0.2, 0.25) is 5.02 Å². The van der Waals surface area contributed by atoms with Crippen molar-refractivity contribution < 1.29 is 25.8 Å². The number of aryl methyl sites for hydroxylation is 1. The van der Waals surface area contributed by atoms with Gasteiger partial charge in [0.15, 0.2) is 5.75 Å². The molecule has 1 aromatic heterocycles. The Bertz CT molecular complexity index is 1100. The normalized spacial score (nSPS) is 12.3. The van der Waals surface area contributed by atoms with Gasteiger partial charge in [0.1, 0.15) is 11.3 Å². The van der Waals surface area contributed by atoms with Crippen molar-refractivity contribution in [3.63, 3.8) is 0 Å². The Hall–Kier alpha value is -2.39. The Balaban J connectivity index is 2.26. The van der Waals surface area contributed by atoms with Crippen molar-refractivity contribution in [1.29, 1.82) is 0 Å². The molecule has 0 spiro atoms. The van der Waals surface area contributed by atoms with E-state index in [2.05, 4.69) is 14.2 Å². The molecule has 3 rings (SSSR count). The van der Waals surface area contributed by atoms with Crippen LogP contribution < -0.4 is 4.18 Å². The van der Waals surface area contributed by atoms with E-state index in [0.29, 0.717) is 21.5 Å². The Morgan fingerprint density at radius 3 is 2.50 bits per heavy atom. The lowest BCUT2D eigenvalue weighted by Crippen LogP contribution is -2.28. The van der Waals surface area contributed by atoms with Gasteiger partial charge in [0.2, 0.25) is 0 Å². The van der Waals surface area contributed by atoms with E-state index in [0.717, 1.165) is 6.07 Å². The molecule has 0 atom stereocenters. The highest BCUT2D eigenvalue weighted by Crippen LogP contribution is 2.36. The molecule has 0 aliphatic heterocycles. The lowest BCUT2D eigenvalue weighted by Gasteiger charge is -2.13. The fourth-order valence-electron chi connectivity index (χ4n) is 2.28. The molecule has 26 heavy (non-hydrogen) atoms. The Morgan fingerprint density at radius 2 is 1.85 bits per heavy atom. The maximum atomic E-state index is 12.7. The first-order valence-corrected chi connectivity index (χ1v) is 8.90. The van der Waals surface area contributed by atoms with E-state index >= 15 is 0 Å². The summed E-state index contributed by atoms with van der Waals surface area (Å²) < 4.78 is 65.4. The average molecular weight is 403 g/mol. The number of halogens is 4. The minimum Gasteiger partial charge on any atom is -0.374 e. The quantitative estimate of drug-likeness (QED) is 0.477. The molecule has 2 aromatic carbocycles. The number of hydrogen-bond donors (Lipinski definition) is 0. The smallest absolute Gasteiger partial charge is 0.374 e. The van der Waals surface area contributed by atoms with Crippen LogP contribution in [0.4, 0.5) is 13.2 Å². The summed E-state index contributed by atoms with van der Waals surface area (Å²) in [6.45, 7) is 1.52. The Kier molecular flexibility index (Phi) is 4.53. The minimum atomic E-state index is -5.86. The molecule has 0 N–H and O–H groups in total. The van der Waals surface area contributed by atoms with Gasteiger partial charge in [-0.3, -0.25) is 0 Å². The summed E-state index contributed by atoms with van der Waals surface area (Å²) in [5.41, 5.74) is -4.77. The third kappa shape index (κ3) is 3.45. The van der Waals surface area contributed by atoms with Gasteiger partial charge in [-0.1, -0.05) is 29.8 Å². The Labute approximate surface area is 151 Å². The molecule has 10 heteroatoms. The fraction of sp³-hybridized carbons (Fsp3) is 0.125. The van der Waals surface area contributed by atoms with Gasteiger partial charge in [0, 0.05) is 22.2 Å². The van der Waals surface area contributed by atoms with Gasteiger partial charge >= 0.3 is 15.6 Å². The first-order chi connectivity index (χ1) is 12.1. The largest absolute Gasteiger partial charge is 0.534 e. The highest BCUT2D eigenvalue weighted by molar-refractivity contribution is 7.88. The predicted octanol–water partition coefficient (Wildman–Crippen LogP) is 4.49. The maximum Gasteiger partial charge on any atom is 0.534 e. The van der Waals surface area contributed by atoms with Gasteiger partial charge in [-0.25, -0.2) is 9.97 Å². The van der Waals surface area contributed by atoms with Crippen molar-refractivity contribution in [3.8, 4) is 16.9 Å². The zero-order valence-electron chi connectivity index (χ0n) is 13.1. The predicted molar refractivity (Wildman–Crippen MR) is 90.3 cm³/mol.